The maximum Gasteiger partial charge on any atom is 0.417 e. The summed E-state index contributed by atoms with van der Waals surface area (Å²) in [6, 6.07) is -0.248. The summed E-state index contributed by atoms with van der Waals surface area (Å²) < 4.78 is 16.4. The number of likely N-dealkylation sites (tertiary alicyclic amines) is 1. The average molecular weight is 401 g/mol. The molecule has 4 unspecified atom stereocenters. The molecule has 0 aromatic heterocycles. The molecule has 1 fully saturated rings. The van der Waals surface area contributed by atoms with E-state index in [-0.39, 0.29) is 24.5 Å². The average Bonchev–Trinajstić information content (AvgIpc) is 3.22. The highest BCUT2D eigenvalue weighted by Crippen LogP contribution is 2.49. The molecule has 7 nitrogen and oxygen atoms in total. The van der Waals surface area contributed by atoms with E-state index in [1.807, 2.05) is 0 Å². The van der Waals surface area contributed by atoms with Crippen molar-refractivity contribution in [2.45, 2.75) is 64.9 Å². The van der Waals surface area contributed by atoms with Gasteiger partial charge < -0.3 is 14.2 Å². The van der Waals surface area contributed by atoms with Gasteiger partial charge in [-0.1, -0.05) is 17.7 Å². The van der Waals surface area contributed by atoms with E-state index in [1.54, 1.807) is 33.8 Å². The van der Waals surface area contributed by atoms with Crippen LogP contribution in [0.1, 0.15) is 47.0 Å². The van der Waals surface area contributed by atoms with Crippen LogP contribution in [-0.2, 0) is 23.8 Å². The van der Waals surface area contributed by atoms with Crippen LogP contribution in [0.2, 0.25) is 0 Å². The van der Waals surface area contributed by atoms with Crippen LogP contribution in [0.5, 0.6) is 0 Å². The predicted octanol–water partition coefficient (Wildman–Crippen LogP) is 3.26. The third-order valence-electron chi connectivity index (χ3n) is 5.83. The van der Waals surface area contributed by atoms with Gasteiger partial charge in [0.2, 0.25) is 12.2 Å². The van der Waals surface area contributed by atoms with Crippen molar-refractivity contribution in [3.8, 4) is 0 Å². The number of fused-ring (bicyclic) bond motifs is 2. The number of ether oxygens (including phenoxy) is 3. The molecular formula is C22H27NO6. The smallest absolute Gasteiger partial charge is 0.417 e. The van der Waals surface area contributed by atoms with Crippen LogP contribution in [0.25, 0.3) is 0 Å². The fourth-order valence-corrected chi connectivity index (χ4v) is 4.61. The van der Waals surface area contributed by atoms with Crippen LogP contribution in [-0.4, -0.2) is 47.4 Å². The molecule has 156 valence electrons. The Balaban J connectivity index is 1.57. The van der Waals surface area contributed by atoms with E-state index >= 15 is 0 Å². The number of imide groups is 1. The van der Waals surface area contributed by atoms with E-state index in [2.05, 4.69) is 12.2 Å². The fourth-order valence-electron chi connectivity index (χ4n) is 4.61. The maximum absolute atomic E-state index is 13.2. The molecule has 4 atom stereocenters. The minimum absolute atomic E-state index is 0.0750. The fraction of sp³-hybridized carbons (Fsp3) is 0.591. The van der Waals surface area contributed by atoms with E-state index < -0.39 is 29.9 Å². The number of carbonyl (C=O) groups is 3. The maximum atomic E-state index is 13.2. The Morgan fingerprint density at radius 2 is 2.07 bits per heavy atom. The monoisotopic (exact) mass is 401 g/mol. The van der Waals surface area contributed by atoms with Gasteiger partial charge in [-0.2, -0.15) is 0 Å². The molecule has 7 heteroatoms. The van der Waals surface area contributed by atoms with Crippen molar-refractivity contribution < 1.29 is 28.6 Å². The highest BCUT2D eigenvalue weighted by molar-refractivity contribution is 5.97. The lowest BCUT2D eigenvalue weighted by Gasteiger charge is -2.27. The molecule has 4 rings (SSSR count). The van der Waals surface area contributed by atoms with Gasteiger partial charge in [-0.25, -0.2) is 14.5 Å². The van der Waals surface area contributed by atoms with E-state index in [0.29, 0.717) is 12.0 Å². The molecule has 0 saturated carbocycles. The van der Waals surface area contributed by atoms with Crippen LogP contribution in [0.4, 0.5) is 4.79 Å². The predicted molar refractivity (Wildman–Crippen MR) is 103 cm³/mol. The Hall–Kier alpha value is -2.41. The number of hydrogen-bond donors (Lipinski definition) is 0. The van der Waals surface area contributed by atoms with Crippen molar-refractivity contribution in [1.29, 1.82) is 0 Å². The zero-order chi connectivity index (χ0) is 20.9. The van der Waals surface area contributed by atoms with E-state index in [0.717, 1.165) is 18.4 Å². The van der Waals surface area contributed by atoms with E-state index in [4.69, 9.17) is 14.2 Å². The highest BCUT2D eigenvalue weighted by Gasteiger charge is 2.56. The minimum Gasteiger partial charge on any atom is -0.443 e. The van der Waals surface area contributed by atoms with Gasteiger partial charge in [0.05, 0.1) is 18.6 Å². The summed E-state index contributed by atoms with van der Waals surface area (Å²) in [7, 11) is 0. The van der Waals surface area contributed by atoms with Crippen LogP contribution in [0, 0.1) is 11.8 Å². The molecule has 0 bridgehead atoms. The minimum atomic E-state index is -0.791. The normalized spacial score (nSPS) is 31.0. The number of cyclic esters (lactones) is 1. The number of rotatable bonds is 3. The van der Waals surface area contributed by atoms with Gasteiger partial charge in [-0.15, -0.1) is 0 Å². The summed E-state index contributed by atoms with van der Waals surface area (Å²) in [4.78, 5) is 38.9. The molecule has 4 aliphatic rings. The molecule has 2 aliphatic heterocycles. The first-order chi connectivity index (χ1) is 13.7. The molecule has 0 radical (unpaired) electrons. The van der Waals surface area contributed by atoms with E-state index in [9.17, 15) is 14.4 Å². The van der Waals surface area contributed by atoms with Crippen LogP contribution < -0.4 is 0 Å². The summed E-state index contributed by atoms with van der Waals surface area (Å²) in [6.07, 6.45) is 7.01. The zero-order valence-corrected chi connectivity index (χ0v) is 17.3. The Kier molecular flexibility index (Phi) is 4.89. The Bertz CT molecular complexity index is 846. The lowest BCUT2D eigenvalue weighted by molar-refractivity contribution is -0.161. The number of hydrogen-bond acceptors (Lipinski definition) is 6. The topological polar surface area (TPSA) is 82.1 Å². The molecular weight excluding hydrogens is 374 g/mol. The number of esters is 1. The largest absolute Gasteiger partial charge is 0.443 e. The summed E-state index contributed by atoms with van der Waals surface area (Å²) in [5.41, 5.74) is 2.25. The summed E-state index contributed by atoms with van der Waals surface area (Å²) in [5.74, 6) is -1.34. The second-order valence-corrected chi connectivity index (χ2v) is 9.05. The Labute approximate surface area is 170 Å². The quantitative estimate of drug-likeness (QED) is 0.675. The third kappa shape index (κ3) is 3.64. The van der Waals surface area contributed by atoms with Crippen LogP contribution in [0.15, 0.2) is 34.9 Å². The highest BCUT2D eigenvalue weighted by atomic mass is 16.7. The Morgan fingerprint density at radius 3 is 2.72 bits per heavy atom. The SMILES string of the molecule is CC1=CC(OCC2C(=O)N(C(=O)OC(C)(C)C)C3CC4=C(C=CCC4)C23)OC1=O. The van der Waals surface area contributed by atoms with Crippen molar-refractivity contribution in [3.05, 3.63) is 34.9 Å². The second kappa shape index (κ2) is 7.13. The number of allylic oxidation sites excluding steroid dienone is 2. The number of nitrogens with zero attached hydrogens (tertiary/aromatic N) is 1. The Morgan fingerprint density at radius 1 is 1.31 bits per heavy atom. The molecule has 2 amide bonds. The van der Waals surface area contributed by atoms with Crippen LogP contribution >= 0.6 is 0 Å². The summed E-state index contributed by atoms with van der Waals surface area (Å²) in [5, 5.41) is 0. The first kappa shape index (κ1) is 19.9. The molecule has 0 N–H and O–H groups in total. The van der Waals surface area contributed by atoms with Crippen molar-refractivity contribution in [2.24, 2.45) is 11.8 Å². The zero-order valence-electron chi connectivity index (χ0n) is 17.3. The summed E-state index contributed by atoms with van der Waals surface area (Å²) in [6.45, 7) is 7.09. The van der Waals surface area contributed by atoms with E-state index in [1.165, 1.54) is 10.5 Å². The first-order valence-corrected chi connectivity index (χ1v) is 10.1. The van der Waals surface area contributed by atoms with Gasteiger partial charge in [0.15, 0.2) is 0 Å². The first-order valence-electron chi connectivity index (χ1n) is 10.1. The van der Waals surface area contributed by atoms with Gasteiger partial charge in [0.25, 0.3) is 0 Å². The molecule has 0 aromatic rings. The molecule has 2 heterocycles. The van der Waals surface area contributed by atoms with Gasteiger partial charge in [0, 0.05) is 11.5 Å². The molecule has 2 aliphatic carbocycles. The van der Waals surface area contributed by atoms with Gasteiger partial charge in [-0.05, 0) is 58.6 Å². The molecule has 0 aromatic carbocycles. The van der Waals surface area contributed by atoms with Crippen molar-refractivity contribution in [3.63, 3.8) is 0 Å². The molecule has 29 heavy (non-hydrogen) atoms. The number of carbonyl (C=O) groups excluding carboxylic acids is 3. The van der Waals surface area contributed by atoms with Crippen LogP contribution in [0.3, 0.4) is 0 Å². The number of amides is 2. The van der Waals surface area contributed by atoms with Gasteiger partial charge in [0.1, 0.15) is 5.60 Å². The van der Waals surface area contributed by atoms with Crippen molar-refractivity contribution in [2.75, 3.05) is 6.61 Å². The van der Waals surface area contributed by atoms with Crippen molar-refractivity contribution in [1.82, 2.24) is 4.90 Å². The van der Waals surface area contributed by atoms with Crippen molar-refractivity contribution >= 4 is 18.0 Å². The van der Waals surface area contributed by atoms with Gasteiger partial charge in [-0.3, -0.25) is 4.79 Å². The van der Waals surface area contributed by atoms with Gasteiger partial charge >= 0.3 is 12.1 Å². The lowest BCUT2D eigenvalue weighted by atomic mass is 9.86. The molecule has 0 spiro atoms. The summed E-state index contributed by atoms with van der Waals surface area (Å²) >= 11 is 0. The standard InChI is InChI=1S/C22H27NO6/c1-12-9-17(28-20(12)25)27-11-15-18-14-8-6-5-7-13(14)10-16(18)23(19(15)24)21(26)29-22(2,3)4/h6,8-9,15-18H,5,7,10-11H2,1-4H3. The lowest BCUT2D eigenvalue weighted by Crippen LogP contribution is -2.43. The molecule has 1 saturated heterocycles. The second-order valence-electron chi connectivity index (χ2n) is 9.05. The third-order valence-corrected chi connectivity index (χ3v) is 5.83.